The summed E-state index contributed by atoms with van der Waals surface area (Å²) in [5.41, 5.74) is 0.636. The third-order valence-corrected chi connectivity index (χ3v) is 7.85. The van der Waals surface area contributed by atoms with Crippen molar-refractivity contribution in [2.24, 2.45) is 0 Å². The van der Waals surface area contributed by atoms with Crippen LogP contribution in [-0.2, 0) is 16.7 Å². The smallest absolute Gasteiger partial charge is 0.298 e. The molecular formula is C22H23N5O4S. The first-order valence-electron chi connectivity index (χ1n) is 10.4. The van der Waals surface area contributed by atoms with Gasteiger partial charge in [-0.15, -0.1) is 0 Å². The van der Waals surface area contributed by atoms with Gasteiger partial charge in [0.15, 0.2) is 5.52 Å². The third-order valence-electron chi connectivity index (χ3n) is 5.96. The van der Waals surface area contributed by atoms with Crippen molar-refractivity contribution in [1.29, 1.82) is 0 Å². The first-order valence-corrected chi connectivity index (χ1v) is 11.8. The number of piperazine rings is 1. The summed E-state index contributed by atoms with van der Waals surface area (Å²) in [7, 11) is -3.59. The lowest BCUT2D eigenvalue weighted by molar-refractivity contribution is 0.143. The minimum Gasteiger partial charge on any atom is -0.360 e. The molecule has 0 amide bonds. The molecule has 0 aliphatic carbocycles. The predicted molar refractivity (Wildman–Crippen MR) is 120 cm³/mol. The van der Waals surface area contributed by atoms with Crippen molar-refractivity contribution in [3.05, 3.63) is 64.3 Å². The molecule has 32 heavy (non-hydrogen) atoms. The first kappa shape index (κ1) is 20.8. The standard InChI is InChI=1S/C22H23N5O4S/c1-15-20-16(2)31-24-21(20)22(28)27(23-15)14-25-9-11-26(12-10-25)32(29,30)19-8-7-17-5-3-4-6-18(17)13-19/h3-8,13H,9-12,14H2,1-2H3. The zero-order valence-electron chi connectivity index (χ0n) is 17.9. The zero-order valence-corrected chi connectivity index (χ0v) is 18.7. The van der Waals surface area contributed by atoms with Gasteiger partial charge in [-0.2, -0.15) is 9.40 Å². The number of fused-ring (bicyclic) bond motifs is 2. The molecule has 3 heterocycles. The van der Waals surface area contributed by atoms with E-state index in [0.717, 1.165) is 10.8 Å². The quantitative estimate of drug-likeness (QED) is 0.466. The van der Waals surface area contributed by atoms with Crippen molar-refractivity contribution in [3.63, 3.8) is 0 Å². The highest BCUT2D eigenvalue weighted by atomic mass is 32.2. The van der Waals surface area contributed by atoms with Gasteiger partial charge in [0.2, 0.25) is 10.0 Å². The molecule has 0 unspecified atom stereocenters. The number of sulfonamides is 1. The minimum absolute atomic E-state index is 0.269. The van der Waals surface area contributed by atoms with Crippen LogP contribution in [0.1, 0.15) is 11.5 Å². The molecule has 0 radical (unpaired) electrons. The Hall–Kier alpha value is -3.08. The molecule has 0 spiro atoms. The molecule has 166 valence electrons. The van der Waals surface area contributed by atoms with Gasteiger partial charge in [-0.3, -0.25) is 9.69 Å². The van der Waals surface area contributed by atoms with E-state index < -0.39 is 10.0 Å². The summed E-state index contributed by atoms with van der Waals surface area (Å²) >= 11 is 0. The van der Waals surface area contributed by atoms with Gasteiger partial charge in [0.1, 0.15) is 5.76 Å². The first-order chi connectivity index (χ1) is 15.3. The molecule has 0 saturated carbocycles. The highest BCUT2D eigenvalue weighted by Gasteiger charge is 2.29. The fraction of sp³-hybridized carbons (Fsp3) is 0.318. The fourth-order valence-corrected chi connectivity index (χ4v) is 5.67. The molecule has 2 aromatic heterocycles. The molecule has 0 atom stereocenters. The Balaban J connectivity index is 1.32. The topological polar surface area (TPSA) is 102 Å². The van der Waals surface area contributed by atoms with Crippen molar-refractivity contribution in [3.8, 4) is 0 Å². The molecule has 10 heteroatoms. The number of nitrogens with zero attached hydrogens (tertiary/aromatic N) is 5. The van der Waals surface area contributed by atoms with Gasteiger partial charge in [0, 0.05) is 26.2 Å². The van der Waals surface area contributed by atoms with E-state index in [-0.39, 0.29) is 17.7 Å². The van der Waals surface area contributed by atoms with Crippen LogP contribution in [-0.4, -0.2) is 58.7 Å². The van der Waals surface area contributed by atoms with E-state index in [1.54, 1.807) is 19.1 Å². The van der Waals surface area contributed by atoms with Crippen molar-refractivity contribution < 1.29 is 12.9 Å². The average Bonchev–Trinajstić information content (AvgIpc) is 3.19. The molecule has 9 nitrogen and oxygen atoms in total. The van der Waals surface area contributed by atoms with E-state index in [4.69, 9.17) is 4.52 Å². The number of aromatic nitrogens is 3. The number of hydrogen-bond donors (Lipinski definition) is 0. The summed E-state index contributed by atoms with van der Waals surface area (Å²) in [5.74, 6) is 0.571. The molecule has 2 aromatic carbocycles. The highest BCUT2D eigenvalue weighted by Crippen LogP contribution is 2.23. The van der Waals surface area contributed by atoms with Crippen LogP contribution in [0.2, 0.25) is 0 Å². The van der Waals surface area contributed by atoms with E-state index in [9.17, 15) is 13.2 Å². The Bertz CT molecular complexity index is 1480. The predicted octanol–water partition coefficient (Wildman–Crippen LogP) is 2.12. The number of hydrogen-bond acceptors (Lipinski definition) is 7. The van der Waals surface area contributed by atoms with Gasteiger partial charge < -0.3 is 4.52 Å². The number of aryl methyl sites for hydroxylation is 2. The van der Waals surface area contributed by atoms with Crippen LogP contribution in [0.5, 0.6) is 0 Å². The third kappa shape index (κ3) is 3.50. The zero-order chi connectivity index (χ0) is 22.5. The molecule has 0 bridgehead atoms. The molecule has 0 N–H and O–H groups in total. The fourth-order valence-electron chi connectivity index (χ4n) is 4.22. The normalized spacial score (nSPS) is 16.2. The average molecular weight is 454 g/mol. The van der Waals surface area contributed by atoms with Gasteiger partial charge in [-0.1, -0.05) is 35.5 Å². The van der Waals surface area contributed by atoms with Gasteiger partial charge in [0.25, 0.3) is 5.56 Å². The molecule has 4 aromatic rings. The molecule has 1 saturated heterocycles. The minimum atomic E-state index is -3.59. The van der Waals surface area contributed by atoms with Crippen molar-refractivity contribution in [2.45, 2.75) is 25.4 Å². The van der Waals surface area contributed by atoms with Crippen molar-refractivity contribution in [1.82, 2.24) is 24.1 Å². The maximum Gasteiger partial charge on any atom is 0.298 e. The van der Waals surface area contributed by atoms with E-state index in [0.29, 0.717) is 47.9 Å². The summed E-state index contributed by atoms with van der Waals surface area (Å²) < 4.78 is 34.3. The highest BCUT2D eigenvalue weighted by molar-refractivity contribution is 7.89. The van der Waals surface area contributed by atoms with Crippen LogP contribution >= 0.6 is 0 Å². The summed E-state index contributed by atoms with van der Waals surface area (Å²) in [6, 6.07) is 12.9. The summed E-state index contributed by atoms with van der Waals surface area (Å²) in [6.07, 6.45) is 0. The van der Waals surface area contributed by atoms with Gasteiger partial charge in [0.05, 0.1) is 22.6 Å². The Labute approximate surface area is 184 Å². The molecule has 5 rings (SSSR count). The van der Waals surface area contributed by atoms with Crippen LogP contribution < -0.4 is 5.56 Å². The van der Waals surface area contributed by atoms with E-state index in [1.165, 1.54) is 8.99 Å². The second-order valence-corrected chi connectivity index (χ2v) is 9.96. The number of benzene rings is 2. The maximum absolute atomic E-state index is 13.2. The summed E-state index contributed by atoms with van der Waals surface area (Å²) in [6.45, 7) is 5.51. The maximum atomic E-state index is 13.2. The van der Waals surface area contributed by atoms with Crippen molar-refractivity contribution in [2.75, 3.05) is 26.2 Å². The summed E-state index contributed by atoms with van der Waals surface area (Å²) in [5, 5.41) is 10.8. The number of rotatable bonds is 4. The molecule has 1 fully saturated rings. The Kier molecular flexibility index (Phi) is 5.07. The van der Waals surface area contributed by atoms with Gasteiger partial charge >= 0.3 is 0 Å². The van der Waals surface area contributed by atoms with E-state index in [2.05, 4.69) is 10.3 Å². The molecule has 1 aliphatic rings. The Morgan fingerprint density at radius 1 is 1.00 bits per heavy atom. The second-order valence-electron chi connectivity index (χ2n) is 8.02. The van der Waals surface area contributed by atoms with Crippen LogP contribution in [0.25, 0.3) is 21.7 Å². The lowest BCUT2D eigenvalue weighted by Gasteiger charge is -2.33. The monoisotopic (exact) mass is 453 g/mol. The summed E-state index contributed by atoms with van der Waals surface area (Å²) in [4.78, 5) is 15.0. The van der Waals surface area contributed by atoms with Gasteiger partial charge in [-0.25, -0.2) is 13.1 Å². The second kappa shape index (κ2) is 7.80. The van der Waals surface area contributed by atoms with Crippen LogP contribution in [0.4, 0.5) is 0 Å². The Morgan fingerprint density at radius 3 is 2.47 bits per heavy atom. The molecular weight excluding hydrogens is 430 g/mol. The lowest BCUT2D eigenvalue weighted by Crippen LogP contribution is -2.49. The van der Waals surface area contributed by atoms with E-state index in [1.807, 2.05) is 42.2 Å². The van der Waals surface area contributed by atoms with Crippen LogP contribution in [0.3, 0.4) is 0 Å². The molecule has 1 aliphatic heterocycles. The van der Waals surface area contributed by atoms with Crippen molar-refractivity contribution >= 4 is 31.7 Å². The Morgan fingerprint density at radius 2 is 1.72 bits per heavy atom. The van der Waals surface area contributed by atoms with Crippen LogP contribution in [0.15, 0.2) is 56.7 Å². The lowest BCUT2D eigenvalue weighted by atomic mass is 10.1. The van der Waals surface area contributed by atoms with Gasteiger partial charge in [-0.05, 0) is 36.8 Å². The SMILES string of the molecule is Cc1nn(CN2CCN(S(=O)(=O)c3ccc4ccccc4c3)CC2)c(=O)c2noc(C)c12. The van der Waals surface area contributed by atoms with E-state index >= 15 is 0 Å². The van der Waals surface area contributed by atoms with Crippen LogP contribution in [0, 0.1) is 13.8 Å². The largest absolute Gasteiger partial charge is 0.360 e.